The Hall–Kier alpha value is -3.28. The molecule has 0 spiro atoms. The van der Waals surface area contributed by atoms with Crippen LogP contribution in [0.3, 0.4) is 0 Å². The Labute approximate surface area is 156 Å². The molecule has 0 unspecified atom stereocenters. The third kappa shape index (κ3) is 3.65. The highest BCUT2D eigenvalue weighted by Crippen LogP contribution is 2.27. The lowest BCUT2D eigenvalue weighted by atomic mass is 10.0. The quantitative estimate of drug-likeness (QED) is 0.668. The van der Waals surface area contributed by atoms with Gasteiger partial charge < -0.3 is 9.64 Å². The molecule has 136 valence electrons. The maximum Gasteiger partial charge on any atom is 0.358 e. The molecule has 1 aliphatic heterocycles. The second-order valence-corrected chi connectivity index (χ2v) is 6.41. The molecular formula is C21H19N3O3. The molecule has 0 saturated carbocycles. The summed E-state index contributed by atoms with van der Waals surface area (Å²) < 4.78 is 5.24. The van der Waals surface area contributed by atoms with Crippen LogP contribution in [0, 0.1) is 0 Å². The summed E-state index contributed by atoms with van der Waals surface area (Å²) in [4.78, 5) is 35.0. The highest BCUT2D eigenvalue weighted by Gasteiger charge is 2.22. The van der Waals surface area contributed by atoms with Crippen LogP contribution in [-0.2, 0) is 16.0 Å². The molecule has 0 N–H and O–H groups in total. The van der Waals surface area contributed by atoms with Crippen molar-refractivity contribution in [3.05, 3.63) is 66.0 Å². The molecule has 0 aliphatic carbocycles. The third-order valence-electron chi connectivity index (χ3n) is 4.62. The largest absolute Gasteiger partial charge is 0.460 e. The number of carbonyl (C=O) groups excluding carboxylic acids is 2. The standard InChI is InChI=1S/C21H19N3O3/c25-20(24-12-5-7-15-6-1-4-10-19(15)24)11-13-27-21(26)18-14-22-16-8-2-3-9-17(16)23-18/h1-4,6,8-10,14H,5,7,11-13H2. The number of fused-ring (bicyclic) bond motifs is 2. The average Bonchev–Trinajstić information content (AvgIpc) is 2.72. The van der Waals surface area contributed by atoms with Gasteiger partial charge in [-0.2, -0.15) is 0 Å². The van der Waals surface area contributed by atoms with E-state index in [1.54, 1.807) is 11.0 Å². The molecule has 1 aromatic heterocycles. The van der Waals surface area contributed by atoms with Gasteiger partial charge in [0.1, 0.15) is 6.61 Å². The highest BCUT2D eigenvalue weighted by molar-refractivity contribution is 5.95. The first-order valence-corrected chi connectivity index (χ1v) is 8.99. The van der Waals surface area contributed by atoms with E-state index in [9.17, 15) is 9.59 Å². The van der Waals surface area contributed by atoms with Crippen molar-refractivity contribution < 1.29 is 14.3 Å². The van der Waals surface area contributed by atoms with Crippen LogP contribution in [0.1, 0.15) is 28.9 Å². The fraction of sp³-hybridized carbons (Fsp3) is 0.238. The summed E-state index contributed by atoms with van der Waals surface area (Å²) >= 11 is 0. The number of hydrogen-bond donors (Lipinski definition) is 0. The lowest BCUT2D eigenvalue weighted by Crippen LogP contribution is -2.36. The maximum atomic E-state index is 12.6. The predicted octanol–water partition coefficient (Wildman–Crippen LogP) is 3.16. The molecule has 3 aromatic rings. The van der Waals surface area contributed by atoms with Crippen molar-refractivity contribution >= 4 is 28.6 Å². The van der Waals surface area contributed by atoms with Gasteiger partial charge in [-0.3, -0.25) is 9.78 Å². The van der Waals surface area contributed by atoms with Crippen LogP contribution in [0.2, 0.25) is 0 Å². The van der Waals surface area contributed by atoms with Crippen LogP contribution < -0.4 is 4.90 Å². The first-order valence-electron chi connectivity index (χ1n) is 8.99. The number of amides is 1. The fourth-order valence-corrected chi connectivity index (χ4v) is 3.29. The minimum Gasteiger partial charge on any atom is -0.460 e. The zero-order valence-electron chi connectivity index (χ0n) is 14.8. The first kappa shape index (κ1) is 17.1. The van der Waals surface area contributed by atoms with E-state index in [4.69, 9.17) is 4.74 Å². The number of hydrogen-bond acceptors (Lipinski definition) is 5. The molecule has 27 heavy (non-hydrogen) atoms. The van der Waals surface area contributed by atoms with Crippen molar-refractivity contribution in [1.29, 1.82) is 0 Å². The summed E-state index contributed by atoms with van der Waals surface area (Å²) in [6, 6.07) is 15.2. The normalized spacial score (nSPS) is 13.3. The summed E-state index contributed by atoms with van der Waals surface area (Å²) in [5.41, 5.74) is 3.63. The molecule has 6 heteroatoms. The number of anilines is 1. The number of aryl methyl sites for hydroxylation is 1. The van der Waals surface area contributed by atoms with Crippen molar-refractivity contribution in [2.45, 2.75) is 19.3 Å². The Balaban J connectivity index is 1.36. The minimum absolute atomic E-state index is 0.0187. The Morgan fingerprint density at radius 2 is 1.81 bits per heavy atom. The van der Waals surface area contributed by atoms with Crippen molar-refractivity contribution in [1.82, 2.24) is 9.97 Å². The SMILES string of the molecule is O=C(OCCC(=O)N1CCCc2ccccc21)c1cnc2ccccc2n1. The summed E-state index contributed by atoms with van der Waals surface area (Å²) in [5, 5.41) is 0. The first-order chi connectivity index (χ1) is 13.2. The molecule has 0 radical (unpaired) electrons. The van der Waals surface area contributed by atoms with E-state index >= 15 is 0 Å². The molecule has 1 amide bonds. The van der Waals surface area contributed by atoms with Gasteiger partial charge in [0.25, 0.3) is 0 Å². The zero-order chi connectivity index (χ0) is 18.6. The number of aromatic nitrogens is 2. The molecule has 6 nitrogen and oxygen atoms in total. The van der Waals surface area contributed by atoms with E-state index in [0.717, 1.165) is 18.5 Å². The lowest BCUT2D eigenvalue weighted by molar-refractivity contribution is -0.119. The monoisotopic (exact) mass is 361 g/mol. The molecule has 0 bridgehead atoms. The minimum atomic E-state index is -0.569. The lowest BCUT2D eigenvalue weighted by Gasteiger charge is -2.29. The van der Waals surface area contributed by atoms with Gasteiger partial charge in [0.2, 0.25) is 5.91 Å². The smallest absolute Gasteiger partial charge is 0.358 e. The average molecular weight is 361 g/mol. The molecule has 0 atom stereocenters. The second-order valence-electron chi connectivity index (χ2n) is 6.41. The molecule has 2 aromatic carbocycles. The Bertz CT molecular complexity index is 1000. The molecule has 4 rings (SSSR count). The van der Waals surface area contributed by atoms with Crippen LogP contribution in [0.4, 0.5) is 5.69 Å². The number of esters is 1. The molecule has 1 aliphatic rings. The molecule has 0 fully saturated rings. The van der Waals surface area contributed by atoms with Gasteiger partial charge in [-0.05, 0) is 36.6 Å². The van der Waals surface area contributed by atoms with E-state index in [2.05, 4.69) is 9.97 Å². The summed E-state index contributed by atoms with van der Waals surface area (Å²) in [6.07, 6.45) is 3.46. The molecule has 2 heterocycles. The Morgan fingerprint density at radius 3 is 2.70 bits per heavy atom. The number of benzene rings is 2. The van der Waals surface area contributed by atoms with Crippen molar-refractivity contribution in [2.75, 3.05) is 18.1 Å². The zero-order valence-corrected chi connectivity index (χ0v) is 14.8. The van der Waals surface area contributed by atoms with E-state index in [1.165, 1.54) is 11.8 Å². The van der Waals surface area contributed by atoms with Gasteiger partial charge >= 0.3 is 5.97 Å². The van der Waals surface area contributed by atoms with Crippen LogP contribution >= 0.6 is 0 Å². The van der Waals surface area contributed by atoms with Crippen molar-refractivity contribution in [2.24, 2.45) is 0 Å². The third-order valence-corrected chi connectivity index (χ3v) is 4.62. The maximum absolute atomic E-state index is 12.6. The van der Waals surface area contributed by atoms with E-state index in [1.807, 2.05) is 42.5 Å². The van der Waals surface area contributed by atoms with Gasteiger partial charge in [-0.25, -0.2) is 9.78 Å². The Morgan fingerprint density at radius 1 is 1.04 bits per heavy atom. The number of nitrogens with zero attached hydrogens (tertiary/aromatic N) is 3. The fourth-order valence-electron chi connectivity index (χ4n) is 3.29. The van der Waals surface area contributed by atoms with E-state index in [-0.39, 0.29) is 24.6 Å². The van der Waals surface area contributed by atoms with E-state index < -0.39 is 5.97 Å². The van der Waals surface area contributed by atoms with E-state index in [0.29, 0.717) is 17.6 Å². The van der Waals surface area contributed by atoms with Crippen molar-refractivity contribution in [3.63, 3.8) is 0 Å². The summed E-state index contributed by atoms with van der Waals surface area (Å²) in [6.45, 7) is 0.713. The van der Waals surface area contributed by atoms with Gasteiger partial charge in [0, 0.05) is 12.2 Å². The van der Waals surface area contributed by atoms with Crippen molar-refractivity contribution in [3.8, 4) is 0 Å². The number of carbonyl (C=O) groups is 2. The van der Waals surface area contributed by atoms with Gasteiger partial charge in [0.05, 0.1) is 23.7 Å². The topological polar surface area (TPSA) is 72.4 Å². The summed E-state index contributed by atoms with van der Waals surface area (Å²) in [5.74, 6) is -0.611. The summed E-state index contributed by atoms with van der Waals surface area (Å²) in [7, 11) is 0. The number of para-hydroxylation sites is 3. The van der Waals surface area contributed by atoms with Crippen LogP contribution in [0.25, 0.3) is 11.0 Å². The van der Waals surface area contributed by atoms with Gasteiger partial charge in [-0.1, -0.05) is 30.3 Å². The van der Waals surface area contributed by atoms with Crippen LogP contribution in [0.15, 0.2) is 54.7 Å². The van der Waals surface area contributed by atoms with Crippen LogP contribution in [-0.4, -0.2) is 35.0 Å². The second kappa shape index (κ2) is 7.53. The van der Waals surface area contributed by atoms with Gasteiger partial charge in [-0.15, -0.1) is 0 Å². The van der Waals surface area contributed by atoms with Gasteiger partial charge in [0.15, 0.2) is 5.69 Å². The predicted molar refractivity (Wildman–Crippen MR) is 102 cm³/mol. The Kier molecular flexibility index (Phi) is 4.78. The van der Waals surface area contributed by atoms with Crippen LogP contribution in [0.5, 0.6) is 0 Å². The highest BCUT2D eigenvalue weighted by atomic mass is 16.5. The number of ether oxygens (including phenoxy) is 1. The molecule has 0 saturated heterocycles. The molecular weight excluding hydrogens is 342 g/mol. The number of rotatable bonds is 4.